The van der Waals surface area contributed by atoms with E-state index in [0.29, 0.717) is 30.1 Å². The first-order valence-corrected chi connectivity index (χ1v) is 12.5. The maximum Gasteiger partial charge on any atom is 0.327 e. The molecule has 38 heavy (non-hydrogen) atoms. The van der Waals surface area contributed by atoms with Crippen molar-refractivity contribution in [2.45, 2.75) is 25.6 Å². The number of aromatic nitrogens is 4. The summed E-state index contributed by atoms with van der Waals surface area (Å²) in [5.41, 5.74) is 5.38. The largest absolute Gasteiger partial charge is 0.468 e. The summed E-state index contributed by atoms with van der Waals surface area (Å²) in [5, 5.41) is 12.1. The van der Waals surface area contributed by atoms with Crippen LogP contribution in [0.1, 0.15) is 34.0 Å². The van der Waals surface area contributed by atoms with Crippen molar-refractivity contribution in [2.75, 3.05) is 7.11 Å². The van der Waals surface area contributed by atoms with Gasteiger partial charge in [0.2, 0.25) is 0 Å². The smallest absolute Gasteiger partial charge is 0.327 e. The highest BCUT2D eigenvalue weighted by Crippen LogP contribution is 2.23. The Morgan fingerprint density at radius 2 is 1.87 bits per heavy atom. The first-order chi connectivity index (χ1) is 18.5. The first kappa shape index (κ1) is 25.4. The molecule has 0 amide bonds. The van der Waals surface area contributed by atoms with E-state index in [1.165, 1.54) is 7.11 Å². The van der Waals surface area contributed by atoms with E-state index in [1.807, 2.05) is 48.5 Å². The van der Waals surface area contributed by atoms with Crippen LogP contribution in [0, 0.1) is 0 Å². The molecule has 0 fully saturated rings. The molecular weight excluding hydrogens is 502 g/mol. The van der Waals surface area contributed by atoms with Crippen LogP contribution in [-0.2, 0) is 29.0 Å². The molecule has 0 spiro atoms. The molecule has 5 aromatic rings. The van der Waals surface area contributed by atoms with Gasteiger partial charge in [0.1, 0.15) is 6.04 Å². The number of H-pyrrole nitrogens is 1. The second-order valence-electron chi connectivity index (χ2n) is 8.98. The molecule has 0 bridgehead atoms. The molecule has 192 valence electrons. The highest BCUT2D eigenvalue weighted by Gasteiger charge is 2.22. The van der Waals surface area contributed by atoms with Crippen LogP contribution in [0.3, 0.4) is 0 Å². The highest BCUT2D eigenvalue weighted by atomic mass is 35.5. The molecule has 5 rings (SSSR count). The number of esters is 1. The van der Waals surface area contributed by atoms with Gasteiger partial charge < -0.3 is 9.30 Å². The Labute approximate surface area is 224 Å². The van der Waals surface area contributed by atoms with Gasteiger partial charge in [-0.2, -0.15) is 5.10 Å². The third-order valence-electron chi connectivity index (χ3n) is 6.35. The van der Waals surface area contributed by atoms with Crippen molar-refractivity contribution in [2.24, 2.45) is 0 Å². The van der Waals surface area contributed by atoms with Gasteiger partial charge in [-0.05, 0) is 52.9 Å². The molecule has 0 radical (unpaired) electrons. The Bertz CT molecular complexity index is 1630. The zero-order chi connectivity index (χ0) is 26.5. The van der Waals surface area contributed by atoms with Gasteiger partial charge in [-0.15, -0.1) is 0 Å². The molecule has 8 nitrogen and oxygen atoms in total. The summed E-state index contributed by atoms with van der Waals surface area (Å²) < 4.78 is 6.74. The molecule has 2 aromatic carbocycles. The maximum absolute atomic E-state index is 12.7. The molecule has 0 saturated carbocycles. The van der Waals surface area contributed by atoms with Crippen LogP contribution in [0.4, 0.5) is 0 Å². The van der Waals surface area contributed by atoms with E-state index in [2.05, 4.69) is 20.5 Å². The first-order valence-electron chi connectivity index (χ1n) is 12.1. The molecule has 2 N–H and O–H groups in total. The number of carbonyl (C=O) groups excluding carboxylic acids is 1. The molecule has 3 heterocycles. The second-order valence-corrected chi connectivity index (χ2v) is 9.42. The Morgan fingerprint density at radius 1 is 1.05 bits per heavy atom. The highest BCUT2D eigenvalue weighted by molar-refractivity contribution is 6.31. The predicted octanol–water partition coefficient (Wildman–Crippen LogP) is 4.42. The number of aromatic amines is 1. The number of nitrogens with one attached hydrogen (secondary N) is 2. The number of ether oxygens (including phenoxy) is 1. The maximum atomic E-state index is 12.7. The van der Waals surface area contributed by atoms with Crippen LogP contribution in [0.15, 0.2) is 90.1 Å². The summed E-state index contributed by atoms with van der Waals surface area (Å²) in [7, 11) is 1.36. The normalized spacial score (nSPS) is 11.9. The molecule has 1 atom stereocenters. The van der Waals surface area contributed by atoms with Crippen molar-refractivity contribution >= 4 is 28.5 Å². The number of hydrogen-bond donors (Lipinski definition) is 2. The standard InChI is InChI=1S/C29H26ClN5O3/c1-38-29(37)28(32-17-26-24-14-23(30)9-10-25(24)33-34-26)22-13-21(15-31-16-22)12-19-5-7-20(8-6-19)18-35-11-3-2-4-27(35)36/h2-11,13-16,28,32H,12,17-18H2,1H3,(H,33,34). The van der Waals surface area contributed by atoms with Crippen molar-refractivity contribution < 1.29 is 9.53 Å². The van der Waals surface area contributed by atoms with Crippen LogP contribution < -0.4 is 10.9 Å². The van der Waals surface area contributed by atoms with Gasteiger partial charge in [0.05, 0.1) is 24.9 Å². The van der Waals surface area contributed by atoms with Crippen molar-refractivity contribution in [3.63, 3.8) is 0 Å². The molecule has 0 saturated heterocycles. The average molecular weight is 528 g/mol. The zero-order valence-corrected chi connectivity index (χ0v) is 21.5. The fraction of sp³-hybridized carbons (Fsp3) is 0.172. The lowest BCUT2D eigenvalue weighted by molar-refractivity contribution is -0.143. The number of fused-ring (bicyclic) bond motifs is 1. The van der Waals surface area contributed by atoms with Crippen LogP contribution in [0.2, 0.25) is 5.02 Å². The van der Waals surface area contributed by atoms with Gasteiger partial charge in [-0.25, -0.2) is 4.79 Å². The van der Waals surface area contributed by atoms with Gasteiger partial charge in [-0.3, -0.25) is 20.2 Å². The van der Waals surface area contributed by atoms with Crippen molar-refractivity contribution in [3.05, 3.63) is 129 Å². The van der Waals surface area contributed by atoms with E-state index in [1.54, 1.807) is 41.4 Å². The summed E-state index contributed by atoms with van der Waals surface area (Å²) in [4.78, 5) is 29.0. The Kier molecular flexibility index (Phi) is 7.62. The molecule has 0 aliphatic carbocycles. The quantitative estimate of drug-likeness (QED) is 0.275. The zero-order valence-electron chi connectivity index (χ0n) is 20.7. The lowest BCUT2D eigenvalue weighted by Crippen LogP contribution is -2.29. The number of carbonyl (C=O) groups is 1. The third kappa shape index (κ3) is 5.82. The molecule has 0 aliphatic heterocycles. The number of hydrogen-bond acceptors (Lipinski definition) is 6. The summed E-state index contributed by atoms with van der Waals surface area (Å²) in [6, 6.07) is 20.0. The van der Waals surface area contributed by atoms with Crippen LogP contribution in [0.25, 0.3) is 10.9 Å². The van der Waals surface area contributed by atoms with E-state index in [4.69, 9.17) is 16.3 Å². The number of benzene rings is 2. The van der Waals surface area contributed by atoms with Gasteiger partial charge in [0.15, 0.2) is 0 Å². The summed E-state index contributed by atoms with van der Waals surface area (Å²) >= 11 is 6.16. The fourth-order valence-corrected chi connectivity index (χ4v) is 4.55. The van der Waals surface area contributed by atoms with Crippen LogP contribution >= 0.6 is 11.6 Å². The summed E-state index contributed by atoms with van der Waals surface area (Å²) in [6.07, 6.45) is 5.88. The molecule has 0 aliphatic rings. The molecule has 1 unspecified atom stereocenters. The lowest BCUT2D eigenvalue weighted by Gasteiger charge is -2.17. The van der Waals surface area contributed by atoms with E-state index < -0.39 is 12.0 Å². The Hall–Kier alpha value is -4.27. The minimum atomic E-state index is -0.718. The Morgan fingerprint density at radius 3 is 2.66 bits per heavy atom. The number of rotatable bonds is 9. The topological polar surface area (TPSA) is 102 Å². The van der Waals surface area contributed by atoms with E-state index in [0.717, 1.165) is 33.3 Å². The van der Waals surface area contributed by atoms with Gasteiger partial charge in [0, 0.05) is 41.6 Å². The van der Waals surface area contributed by atoms with Crippen LogP contribution in [-0.4, -0.2) is 32.8 Å². The molecule has 9 heteroatoms. The van der Waals surface area contributed by atoms with E-state index in [-0.39, 0.29) is 5.56 Å². The summed E-state index contributed by atoms with van der Waals surface area (Å²) in [5.74, 6) is -0.415. The third-order valence-corrected chi connectivity index (χ3v) is 6.58. The van der Waals surface area contributed by atoms with Crippen molar-refractivity contribution in [1.82, 2.24) is 25.1 Å². The van der Waals surface area contributed by atoms with Gasteiger partial charge in [-0.1, -0.05) is 48.0 Å². The molecular formula is C29H26ClN5O3. The number of pyridine rings is 2. The number of methoxy groups -OCH3 is 1. The van der Waals surface area contributed by atoms with Crippen LogP contribution in [0.5, 0.6) is 0 Å². The van der Waals surface area contributed by atoms with Gasteiger partial charge in [0.25, 0.3) is 5.56 Å². The monoisotopic (exact) mass is 527 g/mol. The van der Waals surface area contributed by atoms with E-state index >= 15 is 0 Å². The van der Waals surface area contributed by atoms with E-state index in [9.17, 15) is 9.59 Å². The van der Waals surface area contributed by atoms with Gasteiger partial charge >= 0.3 is 5.97 Å². The number of halogens is 1. The summed E-state index contributed by atoms with van der Waals surface area (Å²) in [6.45, 7) is 0.845. The predicted molar refractivity (Wildman–Crippen MR) is 146 cm³/mol. The number of nitrogens with zero attached hydrogens (tertiary/aromatic N) is 3. The Balaban J connectivity index is 1.30. The SMILES string of the molecule is COC(=O)C(NCc1n[nH]c2ccc(Cl)cc12)c1cncc(Cc2ccc(Cn3ccccc3=O)cc2)c1. The minimum Gasteiger partial charge on any atom is -0.468 e. The lowest BCUT2D eigenvalue weighted by atomic mass is 10.0. The fourth-order valence-electron chi connectivity index (χ4n) is 4.38. The second kappa shape index (κ2) is 11.4. The van der Waals surface area contributed by atoms with Crippen molar-refractivity contribution in [1.29, 1.82) is 0 Å². The molecule has 3 aromatic heterocycles. The minimum absolute atomic E-state index is 0.0301. The van der Waals surface area contributed by atoms with Crippen molar-refractivity contribution in [3.8, 4) is 0 Å². The average Bonchev–Trinajstić information content (AvgIpc) is 3.33.